The van der Waals surface area contributed by atoms with E-state index in [0.717, 1.165) is 62.4 Å². The second-order valence-corrected chi connectivity index (χ2v) is 6.55. The van der Waals surface area contributed by atoms with Crippen LogP contribution in [0.1, 0.15) is 31.7 Å². The molecule has 0 unspecified atom stereocenters. The van der Waals surface area contributed by atoms with Gasteiger partial charge >= 0.3 is 5.97 Å². The molecular formula is C21H31NO4. The molecular weight excluding hydrogens is 330 g/mol. The molecule has 1 saturated heterocycles. The Bertz CT molecular complexity index is 579. The Morgan fingerprint density at radius 3 is 2.73 bits per heavy atom. The van der Waals surface area contributed by atoms with Gasteiger partial charge in [0.1, 0.15) is 0 Å². The molecule has 0 saturated carbocycles. The number of piperidine rings is 1. The van der Waals surface area contributed by atoms with Gasteiger partial charge in [0.2, 0.25) is 0 Å². The van der Waals surface area contributed by atoms with Gasteiger partial charge in [0, 0.05) is 6.54 Å². The molecule has 0 amide bonds. The van der Waals surface area contributed by atoms with Gasteiger partial charge in [-0.15, -0.1) is 6.58 Å². The van der Waals surface area contributed by atoms with Gasteiger partial charge < -0.3 is 19.1 Å². The maximum Gasteiger partial charge on any atom is 0.309 e. The summed E-state index contributed by atoms with van der Waals surface area (Å²) in [4.78, 5) is 14.2. The third-order valence-corrected chi connectivity index (χ3v) is 4.69. The predicted octanol–water partition coefficient (Wildman–Crippen LogP) is 3.47. The van der Waals surface area contributed by atoms with Gasteiger partial charge in [-0.25, -0.2) is 0 Å². The van der Waals surface area contributed by atoms with Crippen LogP contribution in [-0.2, 0) is 16.0 Å². The van der Waals surface area contributed by atoms with Crippen molar-refractivity contribution in [3.05, 3.63) is 36.4 Å². The van der Waals surface area contributed by atoms with E-state index in [2.05, 4.69) is 11.5 Å². The molecule has 1 aliphatic rings. The molecule has 1 heterocycles. The number of carbonyl (C=O) groups excluding carboxylic acids is 1. The van der Waals surface area contributed by atoms with E-state index >= 15 is 0 Å². The molecule has 1 aromatic carbocycles. The van der Waals surface area contributed by atoms with Gasteiger partial charge in [0.25, 0.3) is 0 Å². The Labute approximate surface area is 156 Å². The van der Waals surface area contributed by atoms with Crippen molar-refractivity contribution in [1.82, 2.24) is 4.90 Å². The average molecular weight is 361 g/mol. The monoisotopic (exact) mass is 361 g/mol. The molecule has 26 heavy (non-hydrogen) atoms. The van der Waals surface area contributed by atoms with Gasteiger partial charge in [-0.3, -0.25) is 4.79 Å². The maximum atomic E-state index is 11.8. The average Bonchev–Trinajstić information content (AvgIpc) is 2.67. The van der Waals surface area contributed by atoms with Crippen LogP contribution in [-0.4, -0.2) is 50.8 Å². The number of hydrogen-bond donors (Lipinski definition) is 0. The van der Waals surface area contributed by atoms with Gasteiger partial charge in [-0.05, 0) is 63.4 Å². The van der Waals surface area contributed by atoms with Crippen molar-refractivity contribution in [1.29, 1.82) is 0 Å². The lowest BCUT2D eigenvalue weighted by molar-refractivity contribution is -0.149. The molecule has 5 heteroatoms. The van der Waals surface area contributed by atoms with Crippen LogP contribution in [0.25, 0.3) is 0 Å². The van der Waals surface area contributed by atoms with Crippen LogP contribution < -0.4 is 9.47 Å². The Kier molecular flexibility index (Phi) is 8.48. The van der Waals surface area contributed by atoms with Crippen molar-refractivity contribution in [2.75, 3.05) is 40.0 Å². The largest absolute Gasteiger partial charge is 0.493 e. The van der Waals surface area contributed by atoms with Crippen LogP contribution in [0.5, 0.6) is 11.5 Å². The molecule has 0 radical (unpaired) electrons. The van der Waals surface area contributed by atoms with Crippen molar-refractivity contribution in [3.8, 4) is 11.5 Å². The highest BCUT2D eigenvalue weighted by atomic mass is 16.5. The minimum Gasteiger partial charge on any atom is -0.493 e. The van der Waals surface area contributed by atoms with Crippen LogP contribution in [0, 0.1) is 5.92 Å². The fourth-order valence-electron chi connectivity index (χ4n) is 3.25. The highest BCUT2D eigenvalue weighted by Crippen LogP contribution is 2.28. The number of likely N-dealkylation sites (tertiary alicyclic amines) is 1. The zero-order valence-electron chi connectivity index (χ0n) is 16.0. The summed E-state index contributed by atoms with van der Waals surface area (Å²) in [5.41, 5.74) is 1.16. The van der Waals surface area contributed by atoms with Crippen LogP contribution in [0.15, 0.2) is 30.9 Å². The molecule has 0 aromatic heterocycles. The summed E-state index contributed by atoms with van der Waals surface area (Å²) >= 11 is 0. The smallest absolute Gasteiger partial charge is 0.309 e. The Balaban J connectivity index is 1.69. The van der Waals surface area contributed by atoms with E-state index in [9.17, 15) is 4.79 Å². The molecule has 144 valence electrons. The molecule has 0 atom stereocenters. The number of allylic oxidation sites excluding steroid dienone is 1. The molecule has 0 bridgehead atoms. The summed E-state index contributed by atoms with van der Waals surface area (Å²) in [7, 11) is 1.66. The summed E-state index contributed by atoms with van der Waals surface area (Å²) in [5, 5.41) is 0. The second-order valence-electron chi connectivity index (χ2n) is 6.55. The van der Waals surface area contributed by atoms with E-state index in [1.165, 1.54) is 0 Å². The predicted molar refractivity (Wildman–Crippen MR) is 103 cm³/mol. The minimum atomic E-state index is -0.0394. The van der Waals surface area contributed by atoms with E-state index in [1.807, 2.05) is 31.2 Å². The first-order valence-corrected chi connectivity index (χ1v) is 9.47. The number of benzene rings is 1. The molecule has 1 fully saturated rings. The normalized spacial score (nSPS) is 15.5. The zero-order chi connectivity index (χ0) is 18.8. The highest BCUT2D eigenvalue weighted by molar-refractivity contribution is 5.72. The molecule has 0 aliphatic carbocycles. The van der Waals surface area contributed by atoms with E-state index in [1.54, 1.807) is 7.11 Å². The van der Waals surface area contributed by atoms with Crippen LogP contribution >= 0.6 is 0 Å². The number of esters is 1. The molecule has 1 aliphatic heterocycles. The van der Waals surface area contributed by atoms with Crippen LogP contribution in [0.3, 0.4) is 0 Å². The molecule has 2 rings (SSSR count). The summed E-state index contributed by atoms with van der Waals surface area (Å²) in [6.07, 6.45) is 5.41. The Morgan fingerprint density at radius 1 is 1.31 bits per heavy atom. The maximum absolute atomic E-state index is 11.8. The quantitative estimate of drug-likeness (QED) is 0.363. The topological polar surface area (TPSA) is 48.0 Å². The van der Waals surface area contributed by atoms with Crippen molar-refractivity contribution in [2.45, 2.75) is 32.6 Å². The van der Waals surface area contributed by atoms with Gasteiger partial charge in [0.05, 0.1) is 26.2 Å². The van der Waals surface area contributed by atoms with Crippen LogP contribution in [0.4, 0.5) is 0 Å². The third-order valence-electron chi connectivity index (χ3n) is 4.69. The standard InChI is InChI=1S/C21H31NO4/c1-4-7-17-8-9-19(20(16-17)24-3)26-15-6-12-22-13-10-18(11-14-22)21(23)25-5-2/h4,8-9,16,18H,1,5-7,10-15H2,2-3H3. The molecule has 0 N–H and O–H groups in total. The summed E-state index contributed by atoms with van der Waals surface area (Å²) in [6.45, 7) is 9.60. The van der Waals surface area contributed by atoms with Gasteiger partial charge in [0.15, 0.2) is 11.5 Å². The first-order chi connectivity index (χ1) is 12.7. The lowest BCUT2D eigenvalue weighted by atomic mass is 9.97. The summed E-state index contributed by atoms with van der Waals surface area (Å²) in [5.74, 6) is 1.57. The zero-order valence-corrected chi connectivity index (χ0v) is 16.0. The second kappa shape index (κ2) is 10.9. The molecule has 0 spiro atoms. The number of ether oxygens (including phenoxy) is 3. The fourth-order valence-corrected chi connectivity index (χ4v) is 3.25. The van der Waals surface area contributed by atoms with Crippen molar-refractivity contribution in [3.63, 3.8) is 0 Å². The number of methoxy groups -OCH3 is 1. The number of rotatable bonds is 10. The lowest BCUT2D eigenvalue weighted by Crippen LogP contribution is -2.37. The summed E-state index contributed by atoms with van der Waals surface area (Å²) in [6, 6.07) is 6.00. The van der Waals surface area contributed by atoms with E-state index in [4.69, 9.17) is 14.2 Å². The van der Waals surface area contributed by atoms with Crippen molar-refractivity contribution >= 4 is 5.97 Å². The van der Waals surface area contributed by atoms with Gasteiger partial charge in [-0.2, -0.15) is 0 Å². The van der Waals surface area contributed by atoms with E-state index in [0.29, 0.717) is 13.2 Å². The first kappa shape index (κ1) is 20.3. The molecule has 5 nitrogen and oxygen atoms in total. The SMILES string of the molecule is C=CCc1ccc(OCCCN2CCC(C(=O)OCC)CC2)c(OC)c1. The molecule has 1 aromatic rings. The highest BCUT2D eigenvalue weighted by Gasteiger charge is 2.25. The number of hydrogen-bond acceptors (Lipinski definition) is 5. The van der Waals surface area contributed by atoms with Crippen LogP contribution in [0.2, 0.25) is 0 Å². The third kappa shape index (κ3) is 6.06. The Hall–Kier alpha value is -2.01. The summed E-state index contributed by atoms with van der Waals surface area (Å²) < 4.78 is 16.4. The first-order valence-electron chi connectivity index (χ1n) is 9.47. The lowest BCUT2D eigenvalue weighted by Gasteiger charge is -2.30. The van der Waals surface area contributed by atoms with Gasteiger partial charge in [-0.1, -0.05) is 12.1 Å². The number of nitrogens with zero attached hydrogens (tertiary/aromatic N) is 1. The van der Waals surface area contributed by atoms with E-state index in [-0.39, 0.29) is 11.9 Å². The van der Waals surface area contributed by atoms with Crippen molar-refractivity contribution < 1.29 is 19.0 Å². The van der Waals surface area contributed by atoms with E-state index < -0.39 is 0 Å². The minimum absolute atomic E-state index is 0.0394. The fraction of sp³-hybridized carbons (Fsp3) is 0.571. The number of carbonyl (C=O) groups is 1. The van der Waals surface area contributed by atoms with Crippen molar-refractivity contribution in [2.24, 2.45) is 5.92 Å². The Morgan fingerprint density at radius 2 is 2.08 bits per heavy atom.